The van der Waals surface area contributed by atoms with Crippen molar-refractivity contribution >= 4 is 20.7 Å². The maximum atomic E-state index is 10.9. The van der Waals surface area contributed by atoms with Crippen molar-refractivity contribution in [1.82, 2.24) is 4.57 Å². The molecule has 1 heterocycles. The Bertz CT molecular complexity index is 291. The standard InChI is InChI=1S/C5H7NO2S2/c1-3(2)6-4(7)9-10-5(6)8/h3H,1-2H3. The number of nitrogens with zero attached hydrogens (tertiary/aromatic N) is 1. The van der Waals surface area contributed by atoms with Gasteiger partial charge in [-0.3, -0.25) is 14.2 Å². The molecule has 10 heavy (non-hydrogen) atoms. The molecule has 1 aromatic heterocycles. The molecule has 5 heteroatoms. The number of aromatic nitrogens is 1. The zero-order chi connectivity index (χ0) is 7.72. The van der Waals surface area contributed by atoms with Crippen LogP contribution in [0, 0.1) is 0 Å². The van der Waals surface area contributed by atoms with Crippen LogP contribution < -0.4 is 9.75 Å². The third-order valence-corrected chi connectivity index (χ3v) is 2.96. The van der Waals surface area contributed by atoms with Gasteiger partial charge in [0.25, 0.3) is 0 Å². The molecule has 0 bridgehead atoms. The molecule has 0 aliphatic heterocycles. The topological polar surface area (TPSA) is 39.1 Å². The summed E-state index contributed by atoms with van der Waals surface area (Å²) in [6.07, 6.45) is 0. The fourth-order valence-electron chi connectivity index (χ4n) is 0.648. The van der Waals surface area contributed by atoms with Gasteiger partial charge < -0.3 is 0 Å². The second kappa shape index (κ2) is 2.67. The molecule has 0 radical (unpaired) electrons. The van der Waals surface area contributed by atoms with E-state index in [1.165, 1.54) is 4.57 Å². The highest BCUT2D eigenvalue weighted by atomic mass is 32.9. The van der Waals surface area contributed by atoms with Crippen molar-refractivity contribution in [3.8, 4) is 0 Å². The summed E-state index contributed by atoms with van der Waals surface area (Å²) in [7, 11) is 1.99. The van der Waals surface area contributed by atoms with Gasteiger partial charge >= 0.3 is 9.75 Å². The second-order valence-corrected chi connectivity index (χ2v) is 4.19. The molecule has 3 nitrogen and oxygen atoms in total. The molecule has 0 aliphatic carbocycles. The van der Waals surface area contributed by atoms with Crippen LogP contribution in [0.3, 0.4) is 0 Å². The highest BCUT2D eigenvalue weighted by Crippen LogP contribution is 1.99. The van der Waals surface area contributed by atoms with Crippen molar-refractivity contribution in [2.24, 2.45) is 0 Å². The van der Waals surface area contributed by atoms with Gasteiger partial charge in [0.1, 0.15) is 0 Å². The van der Waals surface area contributed by atoms with E-state index in [2.05, 4.69) is 0 Å². The van der Waals surface area contributed by atoms with Crippen molar-refractivity contribution in [3.63, 3.8) is 0 Å². The molecule has 0 unspecified atom stereocenters. The summed E-state index contributed by atoms with van der Waals surface area (Å²) < 4.78 is 1.26. The van der Waals surface area contributed by atoms with Crippen molar-refractivity contribution in [2.75, 3.05) is 0 Å². The van der Waals surface area contributed by atoms with Crippen LogP contribution in [0.4, 0.5) is 0 Å². The zero-order valence-corrected chi connectivity index (χ0v) is 7.29. The SMILES string of the molecule is CC(C)n1c(=O)ssc1=O. The molecule has 1 rings (SSSR count). The monoisotopic (exact) mass is 177 g/mol. The first-order chi connectivity index (χ1) is 4.63. The Kier molecular flexibility index (Phi) is 2.05. The fraction of sp³-hybridized carbons (Fsp3) is 0.600. The van der Waals surface area contributed by atoms with Crippen molar-refractivity contribution < 1.29 is 0 Å². The first-order valence-electron chi connectivity index (χ1n) is 2.84. The van der Waals surface area contributed by atoms with Gasteiger partial charge in [0.2, 0.25) is 0 Å². The first kappa shape index (κ1) is 7.68. The Morgan fingerprint density at radius 2 is 1.60 bits per heavy atom. The Morgan fingerprint density at radius 3 is 1.80 bits per heavy atom. The van der Waals surface area contributed by atoms with Gasteiger partial charge in [0, 0.05) is 6.04 Å². The lowest BCUT2D eigenvalue weighted by Gasteiger charge is -1.99. The van der Waals surface area contributed by atoms with E-state index in [1.807, 2.05) is 13.8 Å². The third-order valence-electron chi connectivity index (χ3n) is 1.09. The van der Waals surface area contributed by atoms with Crippen molar-refractivity contribution in [3.05, 3.63) is 19.3 Å². The molecule has 0 N–H and O–H groups in total. The quantitative estimate of drug-likeness (QED) is 0.598. The summed E-state index contributed by atoms with van der Waals surface area (Å²) in [4.78, 5) is 21.5. The predicted molar refractivity (Wildman–Crippen MR) is 43.1 cm³/mol. The van der Waals surface area contributed by atoms with Crippen LogP contribution in [0.25, 0.3) is 0 Å². The molecule has 0 fully saturated rings. The van der Waals surface area contributed by atoms with Crippen LogP contribution in [-0.2, 0) is 0 Å². The van der Waals surface area contributed by atoms with Gasteiger partial charge in [0.15, 0.2) is 0 Å². The normalized spacial score (nSPS) is 10.7. The van der Waals surface area contributed by atoms with Gasteiger partial charge in [-0.15, -0.1) is 0 Å². The van der Waals surface area contributed by atoms with Gasteiger partial charge in [-0.25, -0.2) is 0 Å². The zero-order valence-electron chi connectivity index (χ0n) is 5.66. The Balaban J connectivity index is 3.38. The highest BCUT2D eigenvalue weighted by Gasteiger charge is 2.06. The molecule has 0 saturated carbocycles. The van der Waals surface area contributed by atoms with Crippen LogP contribution >= 0.6 is 20.7 Å². The van der Waals surface area contributed by atoms with E-state index in [1.54, 1.807) is 0 Å². The molecular weight excluding hydrogens is 170 g/mol. The van der Waals surface area contributed by atoms with Crippen LogP contribution in [-0.4, -0.2) is 4.57 Å². The van der Waals surface area contributed by atoms with E-state index in [-0.39, 0.29) is 15.8 Å². The summed E-state index contributed by atoms with van der Waals surface area (Å²) in [5, 5.41) is 0. The fourth-order valence-corrected chi connectivity index (χ4v) is 2.51. The van der Waals surface area contributed by atoms with E-state index in [9.17, 15) is 9.59 Å². The second-order valence-electron chi connectivity index (χ2n) is 2.16. The summed E-state index contributed by atoms with van der Waals surface area (Å²) in [6.45, 7) is 3.64. The van der Waals surface area contributed by atoms with E-state index >= 15 is 0 Å². The Hall–Kier alpha value is -0.420. The van der Waals surface area contributed by atoms with Crippen LogP contribution in [0.1, 0.15) is 19.9 Å². The summed E-state index contributed by atoms with van der Waals surface area (Å²) in [5.74, 6) is 0. The Labute approximate surface area is 65.0 Å². The first-order valence-corrected chi connectivity index (χ1v) is 4.99. The van der Waals surface area contributed by atoms with Gasteiger partial charge in [-0.2, -0.15) is 0 Å². The average Bonchev–Trinajstić information content (AvgIpc) is 2.11. The molecule has 0 saturated heterocycles. The minimum Gasteiger partial charge on any atom is -0.256 e. The lowest BCUT2D eigenvalue weighted by Crippen LogP contribution is -2.25. The summed E-state index contributed by atoms with van der Waals surface area (Å²) >= 11 is 0. The van der Waals surface area contributed by atoms with Crippen molar-refractivity contribution in [2.45, 2.75) is 19.9 Å². The molecule has 0 spiro atoms. The Morgan fingerprint density at radius 1 is 1.20 bits per heavy atom. The largest absolute Gasteiger partial charge is 0.320 e. The van der Waals surface area contributed by atoms with Crippen LogP contribution in [0.15, 0.2) is 9.59 Å². The molecule has 0 atom stereocenters. The van der Waals surface area contributed by atoms with Gasteiger partial charge in [-0.1, -0.05) is 0 Å². The maximum Gasteiger partial charge on any atom is 0.320 e. The molecule has 1 aromatic rings. The summed E-state index contributed by atoms with van der Waals surface area (Å²) in [6, 6.07) is -0.0116. The summed E-state index contributed by atoms with van der Waals surface area (Å²) in [5.41, 5.74) is 0. The number of rotatable bonds is 1. The third kappa shape index (κ3) is 1.19. The van der Waals surface area contributed by atoms with Crippen LogP contribution in [0.2, 0.25) is 0 Å². The highest BCUT2D eigenvalue weighted by molar-refractivity contribution is 7.67. The van der Waals surface area contributed by atoms with Gasteiger partial charge in [-0.05, 0) is 34.5 Å². The molecule has 0 aromatic carbocycles. The van der Waals surface area contributed by atoms with Crippen molar-refractivity contribution in [1.29, 1.82) is 0 Å². The van der Waals surface area contributed by atoms with E-state index in [0.29, 0.717) is 0 Å². The predicted octanol–water partition coefficient (Wildman–Crippen LogP) is 0.912. The smallest absolute Gasteiger partial charge is 0.256 e. The van der Waals surface area contributed by atoms with E-state index in [4.69, 9.17) is 0 Å². The van der Waals surface area contributed by atoms with Gasteiger partial charge in [0.05, 0.1) is 0 Å². The lowest BCUT2D eigenvalue weighted by atomic mass is 10.4. The molecular formula is C5H7NO2S2. The lowest BCUT2D eigenvalue weighted by molar-refractivity contribution is 0.579. The molecule has 0 amide bonds. The molecule has 56 valence electrons. The van der Waals surface area contributed by atoms with E-state index in [0.717, 1.165) is 20.7 Å². The maximum absolute atomic E-state index is 10.9. The minimum absolute atomic E-state index is 0.0116. The number of hydrogen-bond acceptors (Lipinski definition) is 4. The number of hydrogen-bond donors (Lipinski definition) is 0. The minimum atomic E-state index is -0.148. The molecule has 0 aliphatic rings. The van der Waals surface area contributed by atoms with Crippen LogP contribution in [0.5, 0.6) is 0 Å². The average molecular weight is 177 g/mol. The van der Waals surface area contributed by atoms with E-state index < -0.39 is 0 Å².